The summed E-state index contributed by atoms with van der Waals surface area (Å²) >= 11 is 6.13. The van der Waals surface area contributed by atoms with Crippen LogP contribution in [0.15, 0.2) is 54.6 Å². The Bertz CT molecular complexity index is 933. The van der Waals surface area contributed by atoms with Crippen molar-refractivity contribution in [2.45, 2.75) is 12.6 Å². The molecule has 0 bridgehead atoms. The van der Waals surface area contributed by atoms with E-state index >= 15 is 0 Å². The molecule has 1 unspecified atom stereocenters. The number of carbonyl (C=O) groups is 1. The molecule has 28 heavy (non-hydrogen) atoms. The molecule has 7 nitrogen and oxygen atoms in total. The third kappa shape index (κ3) is 4.49. The minimum Gasteiger partial charge on any atom is -0.331 e. The lowest BCUT2D eigenvalue weighted by molar-refractivity contribution is -0.135. The summed E-state index contributed by atoms with van der Waals surface area (Å²) < 4.78 is 0. The molecule has 146 valence electrons. The molecule has 1 fully saturated rings. The van der Waals surface area contributed by atoms with E-state index in [0.717, 1.165) is 17.7 Å². The molecule has 1 aliphatic rings. The number of hydrogen-bond donors (Lipinski definition) is 1. The fourth-order valence-corrected chi connectivity index (χ4v) is 3.44. The third-order valence-electron chi connectivity index (χ3n) is 4.56. The van der Waals surface area contributed by atoms with Gasteiger partial charge < -0.3 is 10.2 Å². The molecule has 2 heterocycles. The predicted octanol–water partition coefficient (Wildman–Crippen LogP) is 2.59. The number of piperazine rings is 1. The normalized spacial score (nSPS) is 16.5. The SMILES string of the molecule is Cl.O=C(Cn1nnc(-c2ccccc2)n1)N1CCNCC1c1cccc(Cl)c1. The maximum Gasteiger partial charge on any atom is 0.246 e. The predicted molar refractivity (Wildman–Crippen MR) is 109 cm³/mol. The standard InChI is InChI=1S/C19H19ClN6O.ClH/c20-16-8-4-7-15(11-16)17-12-21-9-10-25(17)18(27)13-26-23-19(22-24-26)14-5-2-1-3-6-14;/h1-8,11,17,21H,9-10,12-13H2;1H. The van der Waals surface area contributed by atoms with Crippen LogP contribution < -0.4 is 5.32 Å². The van der Waals surface area contributed by atoms with E-state index in [9.17, 15) is 4.79 Å². The summed E-state index contributed by atoms with van der Waals surface area (Å²) in [6.07, 6.45) is 0. The summed E-state index contributed by atoms with van der Waals surface area (Å²) in [5.74, 6) is 0.466. The number of amides is 1. The number of carbonyl (C=O) groups excluding carboxylic acids is 1. The second-order valence-electron chi connectivity index (χ2n) is 6.37. The van der Waals surface area contributed by atoms with E-state index in [1.165, 1.54) is 4.80 Å². The van der Waals surface area contributed by atoms with Crippen molar-refractivity contribution < 1.29 is 4.79 Å². The number of aromatic nitrogens is 4. The Morgan fingerprint density at radius 1 is 1.18 bits per heavy atom. The number of hydrogen-bond acceptors (Lipinski definition) is 5. The average Bonchev–Trinajstić information content (AvgIpc) is 3.17. The maximum atomic E-state index is 12.9. The molecule has 0 aliphatic carbocycles. The molecule has 1 aliphatic heterocycles. The van der Waals surface area contributed by atoms with Crippen LogP contribution in [-0.4, -0.2) is 50.6 Å². The summed E-state index contributed by atoms with van der Waals surface area (Å²) in [6.45, 7) is 2.11. The van der Waals surface area contributed by atoms with E-state index in [-0.39, 0.29) is 30.9 Å². The molecule has 1 amide bonds. The highest BCUT2D eigenvalue weighted by Gasteiger charge is 2.28. The van der Waals surface area contributed by atoms with Gasteiger partial charge in [0.05, 0.1) is 6.04 Å². The van der Waals surface area contributed by atoms with E-state index in [4.69, 9.17) is 11.6 Å². The minimum atomic E-state index is -0.0675. The van der Waals surface area contributed by atoms with E-state index in [1.807, 2.05) is 59.5 Å². The first-order chi connectivity index (χ1) is 13.2. The second kappa shape index (κ2) is 9.14. The first-order valence-corrected chi connectivity index (χ1v) is 9.17. The quantitative estimate of drug-likeness (QED) is 0.704. The zero-order chi connectivity index (χ0) is 18.6. The number of nitrogens with zero attached hydrogens (tertiary/aromatic N) is 5. The van der Waals surface area contributed by atoms with Crippen LogP contribution in [0.4, 0.5) is 0 Å². The summed E-state index contributed by atoms with van der Waals surface area (Å²) in [7, 11) is 0. The highest BCUT2D eigenvalue weighted by molar-refractivity contribution is 6.30. The van der Waals surface area contributed by atoms with Gasteiger partial charge in [-0.25, -0.2) is 0 Å². The zero-order valence-corrected chi connectivity index (χ0v) is 16.6. The summed E-state index contributed by atoms with van der Waals surface area (Å²) in [6, 6.07) is 17.1. The zero-order valence-electron chi connectivity index (χ0n) is 15.0. The molecular formula is C19H20Cl2N6O. The summed E-state index contributed by atoms with van der Waals surface area (Å²) in [5, 5.41) is 16.4. The molecule has 0 saturated carbocycles. The maximum absolute atomic E-state index is 12.9. The van der Waals surface area contributed by atoms with Gasteiger partial charge >= 0.3 is 0 Å². The molecule has 4 rings (SSSR count). The molecule has 1 N–H and O–H groups in total. The van der Waals surface area contributed by atoms with Crippen molar-refractivity contribution in [3.05, 3.63) is 65.2 Å². The molecule has 2 aromatic carbocycles. The largest absolute Gasteiger partial charge is 0.331 e. The van der Waals surface area contributed by atoms with Crippen LogP contribution in [0.1, 0.15) is 11.6 Å². The van der Waals surface area contributed by atoms with Crippen molar-refractivity contribution in [2.75, 3.05) is 19.6 Å². The molecule has 0 radical (unpaired) electrons. The van der Waals surface area contributed by atoms with Crippen molar-refractivity contribution in [3.63, 3.8) is 0 Å². The Hall–Kier alpha value is -2.48. The number of halogens is 2. The molecule has 1 aromatic heterocycles. The van der Waals surface area contributed by atoms with Crippen molar-refractivity contribution in [3.8, 4) is 11.4 Å². The van der Waals surface area contributed by atoms with Crippen molar-refractivity contribution in [2.24, 2.45) is 0 Å². The van der Waals surface area contributed by atoms with Gasteiger partial charge in [-0.3, -0.25) is 4.79 Å². The van der Waals surface area contributed by atoms with Gasteiger partial charge in [-0.05, 0) is 22.9 Å². The fourth-order valence-electron chi connectivity index (χ4n) is 3.24. The van der Waals surface area contributed by atoms with Crippen LogP contribution in [0.3, 0.4) is 0 Å². The lowest BCUT2D eigenvalue weighted by atomic mass is 10.0. The molecule has 3 aromatic rings. The highest BCUT2D eigenvalue weighted by atomic mass is 35.5. The van der Waals surface area contributed by atoms with Crippen molar-refractivity contribution in [1.29, 1.82) is 0 Å². The second-order valence-corrected chi connectivity index (χ2v) is 6.81. The van der Waals surface area contributed by atoms with Gasteiger partial charge in [-0.1, -0.05) is 54.1 Å². The fraction of sp³-hybridized carbons (Fsp3) is 0.263. The van der Waals surface area contributed by atoms with Crippen LogP contribution >= 0.6 is 24.0 Å². The number of benzene rings is 2. The summed E-state index contributed by atoms with van der Waals surface area (Å²) in [4.78, 5) is 16.1. The average molecular weight is 419 g/mol. The van der Waals surface area contributed by atoms with Gasteiger partial charge in [0.1, 0.15) is 6.54 Å². The van der Waals surface area contributed by atoms with E-state index < -0.39 is 0 Å². The van der Waals surface area contributed by atoms with E-state index in [0.29, 0.717) is 23.9 Å². The van der Waals surface area contributed by atoms with Gasteiger partial charge in [0.25, 0.3) is 0 Å². The highest BCUT2D eigenvalue weighted by Crippen LogP contribution is 2.25. The van der Waals surface area contributed by atoms with Crippen LogP contribution in [0, 0.1) is 0 Å². The Balaban J connectivity index is 0.00000225. The smallest absolute Gasteiger partial charge is 0.246 e. The van der Waals surface area contributed by atoms with Gasteiger partial charge in [0.15, 0.2) is 0 Å². The van der Waals surface area contributed by atoms with E-state index in [1.54, 1.807) is 0 Å². The molecule has 9 heteroatoms. The molecule has 0 spiro atoms. The topological polar surface area (TPSA) is 75.9 Å². The molecule has 1 atom stereocenters. The van der Waals surface area contributed by atoms with Crippen molar-refractivity contribution >= 4 is 29.9 Å². The van der Waals surface area contributed by atoms with Gasteiger partial charge in [-0.15, -0.1) is 22.6 Å². The Kier molecular flexibility index (Phi) is 6.61. The van der Waals surface area contributed by atoms with E-state index in [2.05, 4.69) is 20.7 Å². The molecular weight excluding hydrogens is 399 g/mol. The number of tetrazole rings is 1. The summed E-state index contributed by atoms with van der Waals surface area (Å²) in [5.41, 5.74) is 1.88. The van der Waals surface area contributed by atoms with Crippen molar-refractivity contribution in [1.82, 2.24) is 30.4 Å². The first kappa shape index (κ1) is 20.3. The van der Waals surface area contributed by atoms with Crippen LogP contribution in [0.25, 0.3) is 11.4 Å². The Morgan fingerprint density at radius 2 is 2.00 bits per heavy atom. The molecule has 1 saturated heterocycles. The number of nitrogens with one attached hydrogen (secondary N) is 1. The monoisotopic (exact) mass is 418 g/mol. The third-order valence-corrected chi connectivity index (χ3v) is 4.79. The minimum absolute atomic E-state index is 0. The lowest BCUT2D eigenvalue weighted by Gasteiger charge is -2.36. The lowest BCUT2D eigenvalue weighted by Crippen LogP contribution is -2.49. The van der Waals surface area contributed by atoms with Crippen LogP contribution in [0.2, 0.25) is 5.02 Å². The first-order valence-electron chi connectivity index (χ1n) is 8.79. The van der Waals surface area contributed by atoms with Gasteiger partial charge in [0.2, 0.25) is 11.7 Å². The Morgan fingerprint density at radius 3 is 2.79 bits per heavy atom. The van der Waals surface area contributed by atoms with Gasteiger partial charge in [-0.2, -0.15) is 4.80 Å². The van der Waals surface area contributed by atoms with Crippen LogP contribution in [0.5, 0.6) is 0 Å². The number of rotatable bonds is 4. The Labute approximate surface area is 174 Å². The van der Waals surface area contributed by atoms with Crippen LogP contribution in [-0.2, 0) is 11.3 Å². The van der Waals surface area contributed by atoms with Gasteiger partial charge in [0, 0.05) is 30.2 Å².